The number of hydrogen-bond acceptors (Lipinski definition) is 3. The highest BCUT2D eigenvalue weighted by Crippen LogP contribution is 2.34. The fraction of sp³-hybridized carbons (Fsp3) is 0.125. The maximum atomic E-state index is 13.1. The minimum absolute atomic E-state index is 0.146. The smallest absolute Gasteiger partial charge is 0.161 e. The van der Waals surface area contributed by atoms with Gasteiger partial charge >= 0.3 is 0 Å². The van der Waals surface area contributed by atoms with Crippen LogP contribution >= 0.6 is 51.4 Å². The lowest BCUT2D eigenvalue weighted by atomic mass is 10.4. The van der Waals surface area contributed by atoms with Gasteiger partial charge < -0.3 is 4.52 Å². The number of halogens is 3. The number of thiophene rings is 1. The summed E-state index contributed by atoms with van der Waals surface area (Å²) in [6.45, 7) is 0.943. The van der Waals surface area contributed by atoms with Crippen LogP contribution in [0.25, 0.3) is 10.2 Å². The first-order chi connectivity index (χ1) is 7.22. The van der Waals surface area contributed by atoms with Crippen molar-refractivity contribution in [1.82, 2.24) is 4.98 Å². The molecule has 0 N–H and O–H groups in total. The van der Waals surface area contributed by atoms with E-state index in [9.17, 15) is 4.39 Å². The molecule has 80 valence electrons. The molecule has 0 amide bonds. The topological polar surface area (TPSA) is 22.1 Å². The van der Waals surface area contributed by atoms with Crippen molar-refractivity contribution in [3.05, 3.63) is 28.0 Å². The summed E-state index contributed by atoms with van der Waals surface area (Å²) in [4.78, 5) is 4.97. The SMILES string of the molecule is Fc1cnc2cc(COPI)sc2c1Cl. The van der Waals surface area contributed by atoms with Gasteiger partial charge in [0.1, 0.15) is 0 Å². The highest BCUT2D eigenvalue weighted by Gasteiger charge is 2.10. The van der Waals surface area contributed by atoms with Gasteiger partial charge in [-0.15, -0.1) is 11.3 Å². The number of nitrogens with zero attached hydrogens (tertiary/aromatic N) is 1. The minimum atomic E-state index is -0.478. The molecule has 0 bridgehead atoms. The summed E-state index contributed by atoms with van der Waals surface area (Å²) in [6, 6.07) is 1.88. The van der Waals surface area contributed by atoms with Crippen LogP contribution in [0.1, 0.15) is 4.88 Å². The Morgan fingerprint density at radius 2 is 2.47 bits per heavy atom. The monoisotopic (exact) mass is 375 g/mol. The van der Waals surface area contributed by atoms with Gasteiger partial charge in [-0.05, 0) is 28.1 Å². The van der Waals surface area contributed by atoms with Crippen molar-refractivity contribution in [2.24, 2.45) is 0 Å². The third-order valence-electron chi connectivity index (χ3n) is 1.76. The fourth-order valence-electron chi connectivity index (χ4n) is 1.14. The molecule has 7 heteroatoms. The lowest BCUT2D eigenvalue weighted by molar-refractivity contribution is 0.365. The second-order valence-electron chi connectivity index (χ2n) is 2.71. The van der Waals surface area contributed by atoms with Crippen LogP contribution in [0.15, 0.2) is 12.3 Å². The summed E-state index contributed by atoms with van der Waals surface area (Å²) in [5.41, 5.74) is 0.724. The minimum Gasteiger partial charge on any atom is -0.346 e. The molecule has 1 unspecified atom stereocenters. The van der Waals surface area contributed by atoms with Crippen molar-refractivity contribution in [2.75, 3.05) is 0 Å². The first-order valence-corrected chi connectivity index (χ1v) is 9.14. The van der Waals surface area contributed by atoms with Gasteiger partial charge in [-0.3, -0.25) is 4.98 Å². The van der Waals surface area contributed by atoms with Gasteiger partial charge in [0.15, 0.2) is 5.82 Å². The Kier molecular flexibility index (Phi) is 4.12. The van der Waals surface area contributed by atoms with Crippen molar-refractivity contribution < 1.29 is 8.91 Å². The van der Waals surface area contributed by atoms with Crippen molar-refractivity contribution in [3.63, 3.8) is 0 Å². The lowest BCUT2D eigenvalue weighted by Gasteiger charge is -1.93. The van der Waals surface area contributed by atoms with Crippen molar-refractivity contribution in [1.29, 1.82) is 0 Å². The Morgan fingerprint density at radius 3 is 3.20 bits per heavy atom. The quantitative estimate of drug-likeness (QED) is 0.580. The average molecular weight is 376 g/mol. The number of rotatable bonds is 3. The third-order valence-corrected chi connectivity index (χ3v) is 4.54. The second-order valence-corrected chi connectivity index (χ2v) is 5.99. The van der Waals surface area contributed by atoms with E-state index in [4.69, 9.17) is 16.1 Å². The molecule has 0 radical (unpaired) electrons. The van der Waals surface area contributed by atoms with Crippen LogP contribution in [0.2, 0.25) is 5.02 Å². The third kappa shape index (κ3) is 2.58. The largest absolute Gasteiger partial charge is 0.346 e. The summed E-state index contributed by atoms with van der Waals surface area (Å²) in [5.74, 6) is -0.478. The zero-order chi connectivity index (χ0) is 10.8. The molecule has 0 aliphatic heterocycles. The van der Waals surface area contributed by atoms with Gasteiger partial charge in [-0.2, -0.15) is 0 Å². The van der Waals surface area contributed by atoms with Gasteiger partial charge in [0.25, 0.3) is 0 Å². The molecule has 0 saturated heterocycles. The van der Waals surface area contributed by atoms with Crippen LogP contribution < -0.4 is 0 Å². The summed E-state index contributed by atoms with van der Waals surface area (Å²) >= 11 is 9.40. The molecule has 0 aliphatic rings. The normalized spacial score (nSPS) is 11.9. The molecule has 0 saturated carbocycles. The standard InChI is InChI=1S/C8H5ClFINOPS/c9-7-5(10)2-12-6-1-4(3-13-14-11)15-8(6)7/h1-2,14H,3H2. The van der Waals surface area contributed by atoms with E-state index >= 15 is 0 Å². The van der Waals surface area contributed by atoms with E-state index in [-0.39, 0.29) is 5.02 Å². The Labute approximate surface area is 110 Å². The Bertz CT molecular complexity index is 495. The van der Waals surface area contributed by atoms with Crippen molar-refractivity contribution >= 4 is 61.6 Å². The predicted molar refractivity (Wildman–Crippen MR) is 71.7 cm³/mol. The van der Waals surface area contributed by atoms with Crippen LogP contribution in [0, 0.1) is 5.82 Å². The predicted octanol–water partition coefficient (Wildman–Crippen LogP) is 4.55. The molecule has 2 aromatic rings. The maximum absolute atomic E-state index is 13.1. The Morgan fingerprint density at radius 1 is 1.67 bits per heavy atom. The highest BCUT2D eigenvalue weighted by atomic mass is 127. The summed E-state index contributed by atoms with van der Waals surface area (Å²) in [6.07, 6.45) is 1.14. The molecular formula is C8H5ClFINOPS. The van der Waals surface area contributed by atoms with E-state index < -0.39 is 5.82 Å². The van der Waals surface area contributed by atoms with Crippen LogP contribution in [-0.4, -0.2) is 4.98 Å². The van der Waals surface area contributed by atoms with Crippen molar-refractivity contribution in [3.8, 4) is 0 Å². The number of aromatic nitrogens is 1. The van der Waals surface area contributed by atoms with Gasteiger partial charge in [0.2, 0.25) is 0 Å². The van der Waals surface area contributed by atoms with Crippen LogP contribution in [0.3, 0.4) is 0 Å². The fourth-order valence-corrected chi connectivity index (χ4v) is 3.14. The molecular weight excluding hydrogens is 370 g/mol. The molecule has 0 fully saturated rings. The number of pyridine rings is 1. The summed E-state index contributed by atoms with van der Waals surface area (Å²) in [5, 5.41) is 0.146. The first-order valence-electron chi connectivity index (χ1n) is 3.92. The highest BCUT2D eigenvalue weighted by molar-refractivity contribution is 14.2. The van der Waals surface area contributed by atoms with E-state index in [1.807, 2.05) is 6.07 Å². The van der Waals surface area contributed by atoms with E-state index in [1.165, 1.54) is 11.3 Å². The second kappa shape index (κ2) is 5.19. The summed E-state index contributed by atoms with van der Waals surface area (Å²) < 4.78 is 19.1. The van der Waals surface area contributed by atoms with Gasteiger partial charge in [-0.25, -0.2) is 4.39 Å². The zero-order valence-corrected chi connectivity index (χ0v) is 12.0. The van der Waals surface area contributed by atoms with Crippen LogP contribution in [0.5, 0.6) is 0 Å². The van der Waals surface area contributed by atoms with E-state index in [0.717, 1.165) is 16.6 Å². The van der Waals surface area contributed by atoms with Gasteiger partial charge in [0.05, 0.1) is 34.5 Å². The Hall–Kier alpha value is 0.450. The molecule has 2 nitrogen and oxygen atoms in total. The number of hydrogen-bond donors (Lipinski definition) is 0. The van der Waals surface area contributed by atoms with E-state index in [0.29, 0.717) is 17.8 Å². The van der Waals surface area contributed by atoms with Crippen LogP contribution in [0.4, 0.5) is 4.39 Å². The molecule has 0 aromatic carbocycles. The van der Waals surface area contributed by atoms with Crippen molar-refractivity contribution in [2.45, 2.75) is 6.61 Å². The zero-order valence-electron chi connectivity index (χ0n) is 7.26. The molecule has 2 heterocycles. The maximum Gasteiger partial charge on any atom is 0.161 e. The van der Waals surface area contributed by atoms with Gasteiger partial charge in [0, 0.05) is 4.88 Å². The lowest BCUT2D eigenvalue weighted by Crippen LogP contribution is -1.79. The number of fused-ring (bicyclic) bond motifs is 1. The van der Waals surface area contributed by atoms with Crippen LogP contribution in [-0.2, 0) is 11.1 Å². The summed E-state index contributed by atoms with van der Waals surface area (Å²) in [7, 11) is 0. The molecule has 15 heavy (non-hydrogen) atoms. The molecule has 1 atom stereocenters. The van der Waals surface area contributed by atoms with E-state index in [2.05, 4.69) is 27.0 Å². The average Bonchev–Trinajstić information content (AvgIpc) is 2.64. The van der Waals surface area contributed by atoms with Gasteiger partial charge in [-0.1, -0.05) is 11.6 Å². The molecule has 2 aromatic heterocycles. The molecule has 2 rings (SSSR count). The van der Waals surface area contributed by atoms with E-state index in [1.54, 1.807) is 0 Å². The Balaban J connectivity index is 2.42. The molecule has 0 aliphatic carbocycles. The molecule has 0 spiro atoms. The first kappa shape index (κ1) is 11.9.